The topological polar surface area (TPSA) is 106 Å². The Morgan fingerprint density at radius 1 is 0.857 bits per heavy atom. The number of rotatable bonds is 5. The lowest BCUT2D eigenvalue weighted by atomic mass is 9.64. The molecule has 0 radical (unpaired) electrons. The Morgan fingerprint density at radius 2 is 1.55 bits per heavy atom. The molecule has 7 rings (SSSR count). The van der Waals surface area contributed by atoms with Gasteiger partial charge in [0.25, 0.3) is 0 Å². The number of nitrogens with zero attached hydrogens (tertiary/aromatic N) is 2. The van der Waals surface area contributed by atoms with E-state index in [1.807, 2.05) is 65.6 Å². The molecule has 0 aliphatic carbocycles. The van der Waals surface area contributed by atoms with E-state index in [4.69, 9.17) is 4.74 Å². The molecule has 1 amide bonds. The van der Waals surface area contributed by atoms with Crippen molar-refractivity contribution in [3.63, 3.8) is 0 Å². The lowest BCUT2D eigenvalue weighted by Gasteiger charge is -2.37. The number of Topliss-reactive ketones (excluding diaryl/α,β-unsaturated/α-hetero) is 2. The standard InChI is InChI=1S/C34H25N3O5/c1-20(38)42-24-13-10-22(11-14-24)32(40)30-29(31(39)23-16-18-35-19-17-23)34(25-7-3-4-8-26(25)36-33(34)41)28-15-12-21-6-2-5-9-27(21)37(28)30/h2-19,28-30H,1H3,(H,36,41). The Labute approximate surface area is 241 Å². The SMILES string of the molecule is CC(=O)Oc1ccc(C(=O)C2C(C(=O)c3ccncc3)C3(C(=O)Nc4ccccc43)C3C=Cc4ccccc4N23)cc1. The van der Waals surface area contributed by atoms with Crippen LogP contribution in [0.15, 0.2) is 103 Å². The fraction of sp³-hybridized carbons (Fsp3) is 0.147. The monoisotopic (exact) mass is 555 g/mol. The predicted molar refractivity (Wildman–Crippen MR) is 156 cm³/mol. The maximum absolute atomic E-state index is 14.7. The lowest BCUT2D eigenvalue weighted by Crippen LogP contribution is -2.51. The third kappa shape index (κ3) is 3.65. The van der Waals surface area contributed by atoms with Crippen molar-refractivity contribution in [3.05, 3.63) is 126 Å². The van der Waals surface area contributed by atoms with Crippen molar-refractivity contribution in [3.8, 4) is 5.75 Å². The molecule has 1 fully saturated rings. The minimum atomic E-state index is -1.39. The molecule has 206 valence electrons. The van der Waals surface area contributed by atoms with Crippen LogP contribution in [0.1, 0.15) is 38.8 Å². The summed E-state index contributed by atoms with van der Waals surface area (Å²) in [5, 5.41) is 3.02. The molecular weight excluding hydrogens is 530 g/mol. The third-order valence-electron chi connectivity index (χ3n) is 8.46. The molecule has 8 nitrogen and oxygen atoms in total. The summed E-state index contributed by atoms with van der Waals surface area (Å²) in [5.41, 5.74) is 2.27. The highest BCUT2D eigenvalue weighted by Crippen LogP contribution is 2.58. The molecule has 8 heteroatoms. The van der Waals surface area contributed by atoms with Gasteiger partial charge in [-0.15, -0.1) is 0 Å². The molecule has 4 unspecified atom stereocenters. The van der Waals surface area contributed by atoms with Crippen LogP contribution in [0.4, 0.5) is 11.4 Å². The van der Waals surface area contributed by atoms with Gasteiger partial charge in [-0.2, -0.15) is 0 Å². The van der Waals surface area contributed by atoms with E-state index in [9.17, 15) is 19.2 Å². The minimum Gasteiger partial charge on any atom is -0.427 e. The van der Waals surface area contributed by atoms with E-state index in [2.05, 4.69) is 10.3 Å². The molecular formula is C34H25N3O5. The number of para-hydroxylation sites is 2. The summed E-state index contributed by atoms with van der Waals surface area (Å²) in [7, 11) is 0. The Hall–Kier alpha value is -5.37. The number of benzene rings is 3. The molecule has 4 atom stereocenters. The smallest absolute Gasteiger partial charge is 0.308 e. The number of esters is 1. The Morgan fingerprint density at radius 3 is 2.31 bits per heavy atom. The van der Waals surface area contributed by atoms with Gasteiger partial charge in [-0.05, 0) is 59.7 Å². The van der Waals surface area contributed by atoms with Gasteiger partial charge in [0.05, 0.1) is 12.0 Å². The number of carbonyl (C=O) groups is 4. The number of fused-ring (bicyclic) bond motifs is 6. The Kier molecular flexibility index (Phi) is 5.86. The second-order valence-corrected chi connectivity index (χ2v) is 10.6. The molecule has 3 aliphatic heterocycles. The fourth-order valence-electron chi connectivity index (χ4n) is 6.84. The normalized spacial score (nSPS) is 23.1. The number of hydrogen-bond donors (Lipinski definition) is 1. The van der Waals surface area contributed by atoms with Crippen molar-refractivity contribution in [2.45, 2.75) is 24.4 Å². The maximum Gasteiger partial charge on any atom is 0.308 e. The summed E-state index contributed by atoms with van der Waals surface area (Å²) in [6.07, 6.45) is 6.96. The summed E-state index contributed by atoms with van der Waals surface area (Å²) in [5.74, 6) is -2.21. The molecule has 42 heavy (non-hydrogen) atoms. The van der Waals surface area contributed by atoms with Crippen LogP contribution in [0, 0.1) is 5.92 Å². The van der Waals surface area contributed by atoms with Crippen LogP contribution in [0.25, 0.3) is 6.08 Å². The zero-order valence-corrected chi connectivity index (χ0v) is 22.6. The van der Waals surface area contributed by atoms with Gasteiger partial charge in [0.2, 0.25) is 5.91 Å². The van der Waals surface area contributed by atoms with Crippen LogP contribution in [-0.2, 0) is 15.0 Å². The molecule has 4 heterocycles. The highest BCUT2D eigenvalue weighted by atomic mass is 16.5. The van der Waals surface area contributed by atoms with E-state index >= 15 is 0 Å². The van der Waals surface area contributed by atoms with Crippen molar-refractivity contribution >= 4 is 40.9 Å². The highest BCUT2D eigenvalue weighted by Gasteiger charge is 2.70. The molecule has 1 N–H and O–H groups in total. The summed E-state index contributed by atoms with van der Waals surface area (Å²) < 4.78 is 5.17. The molecule has 4 aromatic rings. The van der Waals surface area contributed by atoms with Crippen molar-refractivity contribution in [1.29, 1.82) is 0 Å². The van der Waals surface area contributed by atoms with Gasteiger partial charge in [-0.3, -0.25) is 24.2 Å². The summed E-state index contributed by atoms with van der Waals surface area (Å²) in [6, 6.07) is 22.9. The number of aromatic nitrogens is 1. The van der Waals surface area contributed by atoms with Gasteiger partial charge in [-0.25, -0.2) is 0 Å². The molecule has 1 saturated heterocycles. The average molecular weight is 556 g/mol. The van der Waals surface area contributed by atoms with Crippen molar-refractivity contribution in [1.82, 2.24) is 4.98 Å². The highest BCUT2D eigenvalue weighted by molar-refractivity contribution is 6.18. The van der Waals surface area contributed by atoms with E-state index < -0.39 is 29.4 Å². The molecule has 3 aromatic carbocycles. The lowest BCUT2D eigenvalue weighted by molar-refractivity contribution is -0.131. The van der Waals surface area contributed by atoms with E-state index in [0.717, 1.165) is 11.3 Å². The van der Waals surface area contributed by atoms with Crippen LogP contribution >= 0.6 is 0 Å². The number of carbonyl (C=O) groups excluding carboxylic acids is 4. The number of ether oxygens (including phenoxy) is 1. The second-order valence-electron chi connectivity index (χ2n) is 10.6. The van der Waals surface area contributed by atoms with Crippen LogP contribution in [0.5, 0.6) is 5.75 Å². The Balaban J connectivity index is 1.48. The number of nitrogens with one attached hydrogen (secondary N) is 1. The van der Waals surface area contributed by atoms with Crippen molar-refractivity contribution < 1.29 is 23.9 Å². The number of anilines is 2. The average Bonchev–Trinajstić information content (AvgIpc) is 3.49. The van der Waals surface area contributed by atoms with E-state index in [0.29, 0.717) is 28.1 Å². The van der Waals surface area contributed by atoms with Gasteiger partial charge < -0.3 is 15.0 Å². The number of pyridine rings is 1. The zero-order valence-electron chi connectivity index (χ0n) is 22.6. The van der Waals surface area contributed by atoms with Crippen LogP contribution in [0.3, 0.4) is 0 Å². The summed E-state index contributed by atoms with van der Waals surface area (Å²) in [6.45, 7) is 1.30. The third-order valence-corrected chi connectivity index (χ3v) is 8.46. The molecule has 1 aromatic heterocycles. The summed E-state index contributed by atoms with van der Waals surface area (Å²) in [4.78, 5) is 61.2. The maximum atomic E-state index is 14.7. The zero-order chi connectivity index (χ0) is 29.0. The van der Waals surface area contributed by atoms with Gasteiger partial charge in [0.15, 0.2) is 11.6 Å². The first kappa shape index (κ1) is 25.6. The first-order valence-electron chi connectivity index (χ1n) is 13.6. The van der Waals surface area contributed by atoms with Crippen LogP contribution in [-0.4, -0.2) is 40.5 Å². The molecule has 0 bridgehead atoms. The van der Waals surface area contributed by atoms with Crippen LogP contribution in [0.2, 0.25) is 0 Å². The largest absolute Gasteiger partial charge is 0.427 e. The Bertz CT molecular complexity index is 1800. The van der Waals surface area contributed by atoms with Gasteiger partial charge in [0.1, 0.15) is 17.2 Å². The summed E-state index contributed by atoms with van der Waals surface area (Å²) >= 11 is 0. The van der Waals surface area contributed by atoms with Gasteiger partial charge in [0, 0.05) is 41.8 Å². The first-order valence-corrected chi connectivity index (χ1v) is 13.6. The molecule has 1 spiro atoms. The fourth-order valence-corrected chi connectivity index (χ4v) is 6.84. The second kappa shape index (κ2) is 9.62. The number of ketones is 2. The minimum absolute atomic E-state index is 0.305. The first-order chi connectivity index (χ1) is 20.4. The number of hydrogen-bond acceptors (Lipinski definition) is 7. The molecule has 0 saturated carbocycles. The van der Waals surface area contributed by atoms with E-state index in [-0.39, 0.29) is 17.5 Å². The van der Waals surface area contributed by atoms with E-state index in [1.165, 1.54) is 19.3 Å². The van der Waals surface area contributed by atoms with Crippen molar-refractivity contribution in [2.24, 2.45) is 5.92 Å². The van der Waals surface area contributed by atoms with E-state index in [1.54, 1.807) is 36.4 Å². The van der Waals surface area contributed by atoms with Crippen LogP contribution < -0.4 is 15.0 Å². The van der Waals surface area contributed by atoms with Gasteiger partial charge >= 0.3 is 5.97 Å². The number of amides is 1. The molecule has 3 aliphatic rings. The quantitative estimate of drug-likeness (QED) is 0.213. The predicted octanol–water partition coefficient (Wildman–Crippen LogP) is 4.86. The van der Waals surface area contributed by atoms with Crippen molar-refractivity contribution in [2.75, 3.05) is 10.2 Å². The van der Waals surface area contributed by atoms with Gasteiger partial charge in [-0.1, -0.05) is 48.6 Å².